The summed E-state index contributed by atoms with van der Waals surface area (Å²) in [4.78, 5) is 22.8. The maximum atomic E-state index is 12.4. The van der Waals surface area contributed by atoms with Crippen LogP contribution in [0.3, 0.4) is 0 Å². The average Bonchev–Trinajstić information content (AvgIpc) is 3.23. The summed E-state index contributed by atoms with van der Waals surface area (Å²) in [7, 11) is 1.59. The van der Waals surface area contributed by atoms with Crippen LogP contribution in [0.25, 0.3) is 11.0 Å². The molecule has 10 heteroatoms. The zero-order valence-corrected chi connectivity index (χ0v) is 18.2. The Hall–Kier alpha value is -3.79. The van der Waals surface area contributed by atoms with Gasteiger partial charge in [-0.3, -0.25) is 9.88 Å². The Bertz CT molecular complexity index is 1160. The molecule has 0 aliphatic carbocycles. The second kappa shape index (κ2) is 9.37. The van der Waals surface area contributed by atoms with Gasteiger partial charge in [0, 0.05) is 38.0 Å². The summed E-state index contributed by atoms with van der Waals surface area (Å²) in [5.41, 5.74) is 3.18. The fourth-order valence-electron chi connectivity index (χ4n) is 3.85. The minimum atomic E-state index is -0.361. The van der Waals surface area contributed by atoms with Crippen LogP contribution in [0, 0.1) is 0 Å². The van der Waals surface area contributed by atoms with Crippen molar-refractivity contribution in [1.29, 1.82) is 0 Å². The largest absolute Gasteiger partial charge is 0.486 e. The van der Waals surface area contributed by atoms with Crippen LogP contribution >= 0.6 is 0 Å². The molecule has 1 saturated heterocycles. The van der Waals surface area contributed by atoms with Gasteiger partial charge in [-0.2, -0.15) is 0 Å². The van der Waals surface area contributed by atoms with E-state index in [-0.39, 0.29) is 12.2 Å². The first-order chi connectivity index (χ1) is 16.2. The van der Waals surface area contributed by atoms with Gasteiger partial charge in [0.25, 0.3) is 0 Å². The monoisotopic (exact) mass is 451 g/mol. The molecule has 1 atom stereocenters. The minimum Gasteiger partial charge on any atom is -0.486 e. The Labute approximate surface area is 190 Å². The lowest BCUT2D eigenvalue weighted by Crippen LogP contribution is -2.33. The van der Waals surface area contributed by atoms with Crippen molar-refractivity contribution in [3.63, 3.8) is 0 Å². The third-order valence-electron chi connectivity index (χ3n) is 5.47. The maximum Gasteiger partial charge on any atom is 0.414 e. The number of fused-ring (bicyclic) bond motifs is 2. The third-order valence-corrected chi connectivity index (χ3v) is 5.47. The van der Waals surface area contributed by atoms with Crippen LogP contribution in [-0.4, -0.2) is 68.7 Å². The molecule has 0 saturated carbocycles. The summed E-state index contributed by atoms with van der Waals surface area (Å²) in [5, 5.41) is 6.71. The van der Waals surface area contributed by atoms with E-state index in [1.165, 1.54) is 0 Å². The van der Waals surface area contributed by atoms with E-state index in [1.54, 1.807) is 24.3 Å². The van der Waals surface area contributed by atoms with E-state index in [0.29, 0.717) is 56.8 Å². The molecule has 1 fully saturated rings. The molecule has 33 heavy (non-hydrogen) atoms. The molecule has 172 valence electrons. The van der Waals surface area contributed by atoms with Gasteiger partial charge in [0.2, 0.25) is 5.88 Å². The van der Waals surface area contributed by atoms with Gasteiger partial charge in [0.1, 0.15) is 24.8 Å². The molecule has 0 bridgehead atoms. The second-order valence-electron chi connectivity index (χ2n) is 7.66. The summed E-state index contributed by atoms with van der Waals surface area (Å²) in [5.74, 6) is 1.89. The summed E-state index contributed by atoms with van der Waals surface area (Å²) < 4.78 is 21.9. The zero-order chi connectivity index (χ0) is 22.6. The quantitative estimate of drug-likeness (QED) is 0.499. The molecule has 2 N–H and O–H groups in total. The predicted molar refractivity (Wildman–Crippen MR) is 122 cm³/mol. The highest BCUT2D eigenvalue weighted by molar-refractivity contribution is 5.90. The molecular weight excluding hydrogens is 426 g/mol. The Kier molecular flexibility index (Phi) is 5.99. The molecule has 2 aromatic heterocycles. The topological polar surface area (TPSA) is 107 Å². The van der Waals surface area contributed by atoms with Crippen molar-refractivity contribution in [1.82, 2.24) is 15.3 Å². The Morgan fingerprint density at radius 1 is 1.12 bits per heavy atom. The molecular formula is C23H25N5O5. The molecule has 2 aliphatic rings. The highest BCUT2D eigenvalue weighted by Crippen LogP contribution is 2.35. The van der Waals surface area contributed by atoms with Gasteiger partial charge in [0.15, 0.2) is 11.5 Å². The standard InChI is InChI=1S/C23H25N5O5/c1-30-21-5-3-17-22(27-21)18(6-7-25-17)26-9-8-24-13-16-14-28(23(29)33-16)15-2-4-19-20(12-15)32-11-10-31-19/h2-7,12,16,24H,8-11,13-14H2,1H3,(H,25,26)/t16-/m0/s1. The lowest BCUT2D eigenvalue weighted by atomic mass is 10.2. The number of hydrogen-bond acceptors (Lipinski definition) is 9. The first-order valence-electron chi connectivity index (χ1n) is 10.8. The van der Waals surface area contributed by atoms with Crippen LogP contribution in [-0.2, 0) is 4.74 Å². The number of ether oxygens (including phenoxy) is 4. The van der Waals surface area contributed by atoms with Crippen molar-refractivity contribution in [2.75, 3.05) is 56.7 Å². The SMILES string of the molecule is COc1ccc2nccc(NCCNC[C@H]3CN(c4ccc5c(c4)OCCO5)C(=O)O3)c2n1. The van der Waals surface area contributed by atoms with Crippen LogP contribution in [0.2, 0.25) is 0 Å². The number of carbonyl (C=O) groups excluding carboxylic acids is 1. The van der Waals surface area contributed by atoms with E-state index >= 15 is 0 Å². The van der Waals surface area contributed by atoms with Crippen LogP contribution in [0.5, 0.6) is 17.4 Å². The fourth-order valence-corrected chi connectivity index (χ4v) is 3.85. The van der Waals surface area contributed by atoms with E-state index in [9.17, 15) is 4.79 Å². The lowest BCUT2D eigenvalue weighted by Gasteiger charge is -2.21. The molecule has 2 aliphatic heterocycles. The maximum absolute atomic E-state index is 12.4. The molecule has 10 nitrogen and oxygen atoms in total. The number of cyclic esters (lactones) is 1. The molecule has 4 heterocycles. The van der Waals surface area contributed by atoms with Crippen molar-refractivity contribution in [2.24, 2.45) is 0 Å². The minimum absolute atomic E-state index is 0.238. The van der Waals surface area contributed by atoms with E-state index in [0.717, 1.165) is 22.4 Å². The van der Waals surface area contributed by atoms with E-state index in [1.807, 2.05) is 30.3 Å². The van der Waals surface area contributed by atoms with Crippen molar-refractivity contribution in [2.45, 2.75) is 6.10 Å². The van der Waals surface area contributed by atoms with Crippen molar-refractivity contribution >= 4 is 28.5 Å². The van der Waals surface area contributed by atoms with Gasteiger partial charge in [-0.25, -0.2) is 9.78 Å². The molecule has 1 amide bonds. The number of amides is 1. The Morgan fingerprint density at radius 2 is 2.00 bits per heavy atom. The molecule has 3 aromatic rings. The fraction of sp³-hybridized carbons (Fsp3) is 0.348. The highest BCUT2D eigenvalue weighted by Gasteiger charge is 2.32. The van der Waals surface area contributed by atoms with E-state index in [4.69, 9.17) is 18.9 Å². The van der Waals surface area contributed by atoms with Crippen molar-refractivity contribution in [3.8, 4) is 17.4 Å². The van der Waals surface area contributed by atoms with E-state index in [2.05, 4.69) is 20.6 Å². The normalized spacial score (nSPS) is 17.2. The van der Waals surface area contributed by atoms with Crippen molar-refractivity contribution in [3.05, 3.63) is 42.6 Å². The molecule has 0 radical (unpaired) electrons. The number of hydrogen-bond donors (Lipinski definition) is 2. The van der Waals surface area contributed by atoms with Crippen molar-refractivity contribution < 1.29 is 23.7 Å². The number of aromatic nitrogens is 2. The number of nitrogens with one attached hydrogen (secondary N) is 2. The second-order valence-corrected chi connectivity index (χ2v) is 7.66. The highest BCUT2D eigenvalue weighted by atomic mass is 16.6. The molecule has 5 rings (SSSR count). The van der Waals surface area contributed by atoms with Crippen LogP contribution < -0.4 is 29.7 Å². The Morgan fingerprint density at radius 3 is 2.88 bits per heavy atom. The number of rotatable bonds is 8. The molecule has 0 unspecified atom stereocenters. The predicted octanol–water partition coefficient (Wildman–Crippen LogP) is 2.44. The number of benzene rings is 1. The third kappa shape index (κ3) is 4.56. The van der Waals surface area contributed by atoms with Crippen LogP contribution in [0.4, 0.5) is 16.2 Å². The smallest absolute Gasteiger partial charge is 0.414 e. The van der Waals surface area contributed by atoms with Gasteiger partial charge in [0.05, 0.1) is 30.5 Å². The van der Waals surface area contributed by atoms with Crippen LogP contribution in [0.1, 0.15) is 0 Å². The summed E-state index contributed by atoms with van der Waals surface area (Å²) in [6.45, 7) is 3.41. The van der Waals surface area contributed by atoms with Gasteiger partial charge < -0.3 is 29.6 Å². The summed E-state index contributed by atoms with van der Waals surface area (Å²) >= 11 is 0. The first-order valence-corrected chi connectivity index (χ1v) is 10.8. The molecule has 1 aromatic carbocycles. The van der Waals surface area contributed by atoms with Crippen LogP contribution in [0.15, 0.2) is 42.6 Å². The van der Waals surface area contributed by atoms with E-state index < -0.39 is 0 Å². The number of anilines is 2. The van der Waals surface area contributed by atoms with Gasteiger partial charge >= 0.3 is 6.09 Å². The Balaban J connectivity index is 1.11. The van der Waals surface area contributed by atoms with Gasteiger partial charge in [-0.1, -0.05) is 0 Å². The zero-order valence-electron chi connectivity index (χ0n) is 18.2. The lowest BCUT2D eigenvalue weighted by molar-refractivity contribution is 0.140. The number of pyridine rings is 2. The number of carbonyl (C=O) groups is 1. The van der Waals surface area contributed by atoms with Gasteiger partial charge in [-0.15, -0.1) is 0 Å². The summed E-state index contributed by atoms with van der Waals surface area (Å²) in [6.07, 6.45) is 1.15. The first kappa shape index (κ1) is 21.1. The molecule has 0 spiro atoms. The number of methoxy groups -OCH3 is 1. The summed E-state index contributed by atoms with van der Waals surface area (Å²) in [6, 6.07) is 11.0. The average molecular weight is 451 g/mol. The van der Waals surface area contributed by atoms with Gasteiger partial charge in [-0.05, 0) is 24.3 Å². The number of nitrogens with zero attached hydrogens (tertiary/aromatic N) is 3.